The van der Waals surface area contributed by atoms with Crippen LogP contribution in [0.2, 0.25) is 0 Å². The topological polar surface area (TPSA) is 12.0 Å². The summed E-state index contributed by atoms with van der Waals surface area (Å²) in [4.78, 5) is 0. The average molecular weight is 114 g/mol. The van der Waals surface area contributed by atoms with Gasteiger partial charge in [-0.15, -0.1) is 0 Å². The standard InChI is InChI=1S/C7H16N/c1-4-5-7(2)6-8-3/h7-8H,3-6H2,1-2H3. The molecule has 0 aliphatic heterocycles. The van der Waals surface area contributed by atoms with Crippen molar-refractivity contribution in [3.63, 3.8) is 0 Å². The quantitative estimate of drug-likeness (QED) is 0.587. The summed E-state index contributed by atoms with van der Waals surface area (Å²) in [5, 5.41) is 2.90. The molecule has 0 saturated carbocycles. The summed E-state index contributed by atoms with van der Waals surface area (Å²) in [7, 11) is 3.56. The lowest BCUT2D eigenvalue weighted by atomic mass is 10.1. The zero-order valence-corrected chi connectivity index (χ0v) is 5.91. The van der Waals surface area contributed by atoms with Crippen molar-refractivity contribution in [1.82, 2.24) is 5.32 Å². The summed E-state index contributed by atoms with van der Waals surface area (Å²) in [6.07, 6.45) is 2.59. The van der Waals surface area contributed by atoms with E-state index < -0.39 is 0 Å². The molecular formula is C7H16N. The molecule has 0 amide bonds. The van der Waals surface area contributed by atoms with E-state index in [0.717, 1.165) is 12.5 Å². The third kappa shape index (κ3) is 4.13. The molecule has 0 aliphatic rings. The lowest BCUT2D eigenvalue weighted by Gasteiger charge is -2.06. The molecule has 0 rings (SSSR count). The lowest BCUT2D eigenvalue weighted by Crippen LogP contribution is -2.13. The van der Waals surface area contributed by atoms with Crippen molar-refractivity contribution < 1.29 is 0 Å². The molecule has 0 aromatic heterocycles. The molecule has 1 atom stereocenters. The molecule has 1 nitrogen and oxygen atoms in total. The first-order valence-corrected chi connectivity index (χ1v) is 3.31. The molecule has 1 unspecified atom stereocenters. The van der Waals surface area contributed by atoms with Crippen molar-refractivity contribution in [3.8, 4) is 0 Å². The first kappa shape index (κ1) is 7.96. The van der Waals surface area contributed by atoms with Gasteiger partial charge >= 0.3 is 0 Å². The van der Waals surface area contributed by atoms with Gasteiger partial charge in [-0.05, 0) is 18.9 Å². The van der Waals surface area contributed by atoms with Crippen LogP contribution in [-0.2, 0) is 0 Å². The van der Waals surface area contributed by atoms with Crippen molar-refractivity contribution in [2.45, 2.75) is 26.7 Å². The zero-order chi connectivity index (χ0) is 6.41. The minimum absolute atomic E-state index is 0.789. The molecule has 0 heterocycles. The molecule has 0 aliphatic carbocycles. The Labute approximate surface area is 52.5 Å². The Morgan fingerprint density at radius 1 is 1.62 bits per heavy atom. The van der Waals surface area contributed by atoms with Crippen LogP contribution in [0.3, 0.4) is 0 Å². The maximum absolute atomic E-state index is 3.56. The minimum atomic E-state index is 0.789. The highest BCUT2D eigenvalue weighted by Gasteiger charge is 1.95. The third-order valence-electron chi connectivity index (χ3n) is 1.27. The minimum Gasteiger partial charge on any atom is -0.315 e. The lowest BCUT2D eigenvalue weighted by molar-refractivity contribution is 0.506. The first-order chi connectivity index (χ1) is 3.81. The molecule has 1 heteroatoms. The summed E-state index contributed by atoms with van der Waals surface area (Å²) < 4.78 is 0. The van der Waals surface area contributed by atoms with Crippen LogP contribution in [0, 0.1) is 13.0 Å². The Morgan fingerprint density at radius 3 is 2.62 bits per heavy atom. The summed E-state index contributed by atoms with van der Waals surface area (Å²) in [6, 6.07) is 0. The third-order valence-corrected chi connectivity index (χ3v) is 1.27. The molecule has 0 aromatic carbocycles. The highest BCUT2D eigenvalue weighted by molar-refractivity contribution is 4.53. The second-order valence-corrected chi connectivity index (χ2v) is 2.35. The van der Waals surface area contributed by atoms with Gasteiger partial charge in [-0.3, -0.25) is 0 Å². The summed E-state index contributed by atoms with van der Waals surface area (Å²) in [5.41, 5.74) is 0. The van der Waals surface area contributed by atoms with Crippen LogP contribution in [0.1, 0.15) is 26.7 Å². The van der Waals surface area contributed by atoms with E-state index in [-0.39, 0.29) is 0 Å². The van der Waals surface area contributed by atoms with E-state index in [1.807, 2.05) is 0 Å². The van der Waals surface area contributed by atoms with Crippen molar-refractivity contribution >= 4 is 0 Å². The fourth-order valence-corrected chi connectivity index (χ4v) is 0.841. The van der Waals surface area contributed by atoms with Crippen LogP contribution in [-0.4, -0.2) is 6.54 Å². The van der Waals surface area contributed by atoms with Crippen LogP contribution in [0.4, 0.5) is 0 Å². The molecular weight excluding hydrogens is 98.1 g/mol. The SMILES string of the molecule is [CH2]NCC(C)CCC. The van der Waals surface area contributed by atoms with Crippen LogP contribution >= 0.6 is 0 Å². The Morgan fingerprint density at radius 2 is 2.25 bits per heavy atom. The summed E-state index contributed by atoms with van der Waals surface area (Å²) >= 11 is 0. The Balaban J connectivity index is 2.92. The van der Waals surface area contributed by atoms with Gasteiger partial charge in [0, 0.05) is 7.05 Å². The van der Waals surface area contributed by atoms with Gasteiger partial charge in [-0.1, -0.05) is 20.3 Å². The normalized spacial score (nSPS) is 13.9. The van der Waals surface area contributed by atoms with Gasteiger partial charge in [-0.2, -0.15) is 0 Å². The van der Waals surface area contributed by atoms with E-state index in [1.54, 1.807) is 0 Å². The van der Waals surface area contributed by atoms with Crippen molar-refractivity contribution in [3.05, 3.63) is 7.05 Å². The van der Waals surface area contributed by atoms with E-state index in [0.29, 0.717) is 0 Å². The smallest absolute Gasteiger partial charge is 0.00768 e. The first-order valence-electron chi connectivity index (χ1n) is 3.31. The van der Waals surface area contributed by atoms with Gasteiger partial charge in [0.15, 0.2) is 0 Å². The predicted molar refractivity (Wildman–Crippen MR) is 37.4 cm³/mol. The molecule has 49 valence electrons. The van der Waals surface area contributed by atoms with Crippen molar-refractivity contribution in [2.75, 3.05) is 6.54 Å². The number of hydrogen-bond donors (Lipinski definition) is 1. The largest absolute Gasteiger partial charge is 0.315 e. The Kier molecular flexibility index (Phi) is 5.08. The van der Waals surface area contributed by atoms with Crippen molar-refractivity contribution in [2.24, 2.45) is 5.92 Å². The Hall–Kier alpha value is -0.0400. The van der Waals surface area contributed by atoms with E-state index in [1.165, 1.54) is 12.8 Å². The maximum atomic E-state index is 3.56. The predicted octanol–water partition coefficient (Wildman–Crippen LogP) is 1.80. The highest BCUT2D eigenvalue weighted by Crippen LogP contribution is 2.01. The summed E-state index contributed by atoms with van der Waals surface area (Å²) in [6.45, 7) is 5.50. The monoisotopic (exact) mass is 114 g/mol. The van der Waals surface area contributed by atoms with E-state index in [4.69, 9.17) is 0 Å². The number of hydrogen-bond acceptors (Lipinski definition) is 1. The average Bonchev–Trinajstić information content (AvgIpc) is 1.68. The summed E-state index contributed by atoms with van der Waals surface area (Å²) in [5.74, 6) is 0.789. The van der Waals surface area contributed by atoms with Gasteiger partial charge in [0.25, 0.3) is 0 Å². The number of rotatable bonds is 4. The van der Waals surface area contributed by atoms with Gasteiger partial charge in [0.1, 0.15) is 0 Å². The molecule has 0 spiro atoms. The fourth-order valence-electron chi connectivity index (χ4n) is 0.841. The van der Waals surface area contributed by atoms with Crippen LogP contribution in [0.25, 0.3) is 0 Å². The van der Waals surface area contributed by atoms with Crippen LogP contribution in [0.15, 0.2) is 0 Å². The van der Waals surface area contributed by atoms with Gasteiger partial charge in [0.05, 0.1) is 0 Å². The number of nitrogens with one attached hydrogen (secondary N) is 1. The molecule has 0 aromatic rings. The van der Waals surface area contributed by atoms with Crippen LogP contribution in [0.5, 0.6) is 0 Å². The molecule has 1 radical (unpaired) electrons. The van der Waals surface area contributed by atoms with Gasteiger partial charge in [-0.25, -0.2) is 0 Å². The van der Waals surface area contributed by atoms with Gasteiger partial charge < -0.3 is 5.32 Å². The zero-order valence-electron chi connectivity index (χ0n) is 5.91. The molecule has 1 N–H and O–H groups in total. The molecule has 8 heavy (non-hydrogen) atoms. The molecule has 0 bridgehead atoms. The fraction of sp³-hybridized carbons (Fsp3) is 0.857. The van der Waals surface area contributed by atoms with Crippen molar-refractivity contribution in [1.29, 1.82) is 0 Å². The van der Waals surface area contributed by atoms with Crippen LogP contribution < -0.4 is 5.32 Å². The second-order valence-electron chi connectivity index (χ2n) is 2.35. The van der Waals surface area contributed by atoms with Gasteiger partial charge in [0.2, 0.25) is 0 Å². The van der Waals surface area contributed by atoms with E-state index in [9.17, 15) is 0 Å². The Bertz CT molecular complexity index is 37.7. The highest BCUT2D eigenvalue weighted by atomic mass is 14.8. The second kappa shape index (κ2) is 5.10. The maximum Gasteiger partial charge on any atom is 0.00768 e. The van der Waals surface area contributed by atoms with E-state index >= 15 is 0 Å². The molecule has 0 fully saturated rings. The molecule has 0 saturated heterocycles. The van der Waals surface area contributed by atoms with E-state index in [2.05, 4.69) is 26.2 Å².